The lowest BCUT2D eigenvalue weighted by Crippen LogP contribution is -2.42. The molecule has 0 radical (unpaired) electrons. The highest BCUT2D eigenvalue weighted by molar-refractivity contribution is 9.10. The predicted molar refractivity (Wildman–Crippen MR) is 106 cm³/mol. The lowest BCUT2D eigenvalue weighted by molar-refractivity contribution is -0.136. The summed E-state index contributed by atoms with van der Waals surface area (Å²) >= 11 is 3.52. The maximum absolute atomic E-state index is 12.4. The van der Waals surface area contributed by atoms with Gasteiger partial charge in [-0.05, 0) is 43.0 Å². The zero-order chi connectivity index (χ0) is 17.9. The largest absolute Gasteiger partial charge is 0.378 e. The number of morpholine rings is 1. The van der Waals surface area contributed by atoms with Crippen LogP contribution in [-0.4, -0.2) is 55.2 Å². The van der Waals surface area contributed by atoms with Gasteiger partial charge in [-0.25, -0.2) is 4.98 Å². The molecule has 0 bridgehead atoms. The Kier molecular flexibility index (Phi) is 5.41. The summed E-state index contributed by atoms with van der Waals surface area (Å²) in [5, 5.41) is 1.16. The number of nitrogens with zero attached hydrogens (tertiary/aromatic N) is 3. The first kappa shape index (κ1) is 17.7. The standard InChI is InChI=1S/C20H24BrN3O2/c21-17-3-1-16-2-4-19(22-18(16)14-17)23-7-5-15(6-8-23)13-20(25)24-9-11-26-12-10-24/h1-4,14-15H,5-13H2. The molecule has 1 amide bonds. The van der Waals surface area contributed by atoms with Gasteiger partial charge in [0.05, 0.1) is 18.7 Å². The molecule has 0 aliphatic carbocycles. The number of amides is 1. The Morgan fingerprint density at radius 1 is 1.12 bits per heavy atom. The molecule has 138 valence electrons. The molecule has 2 saturated heterocycles. The number of rotatable bonds is 3. The van der Waals surface area contributed by atoms with Gasteiger partial charge >= 0.3 is 0 Å². The van der Waals surface area contributed by atoms with E-state index in [0.29, 0.717) is 31.5 Å². The molecule has 0 spiro atoms. The molecule has 0 N–H and O–H groups in total. The van der Waals surface area contributed by atoms with Crippen LogP contribution in [0.1, 0.15) is 19.3 Å². The molecular weight excluding hydrogens is 394 g/mol. The molecule has 1 aromatic heterocycles. The molecule has 2 aliphatic heterocycles. The van der Waals surface area contributed by atoms with E-state index in [-0.39, 0.29) is 0 Å². The number of carbonyl (C=O) groups excluding carboxylic acids is 1. The molecule has 5 nitrogen and oxygen atoms in total. The highest BCUT2D eigenvalue weighted by atomic mass is 79.9. The van der Waals surface area contributed by atoms with Crippen molar-refractivity contribution in [1.82, 2.24) is 9.88 Å². The number of ether oxygens (including phenoxy) is 1. The van der Waals surface area contributed by atoms with Gasteiger partial charge in [0.2, 0.25) is 5.91 Å². The highest BCUT2D eigenvalue weighted by Crippen LogP contribution is 2.27. The fourth-order valence-corrected chi connectivity index (χ4v) is 4.16. The third kappa shape index (κ3) is 4.01. The number of piperidine rings is 1. The average Bonchev–Trinajstić information content (AvgIpc) is 2.68. The SMILES string of the molecule is O=C(CC1CCN(c2ccc3ccc(Br)cc3n2)CC1)N1CCOCC1. The van der Waals surface area contributed by atoms with Gasteiger partial charge in [0.25, 0.3) is 0 Å². The fourth-order valence-electron chi connectivity index (χ4n) is 3.81. The average molecular weight is 418 g/mol. The van der Waals surface area contributed by atoms with Crippen LogP contribution in [0.3, 0.4) is 0 Å². The molecule has 6 heteroatoms. The highest BCUT2D eigenvalue weighted by Gasteiger charge is 2.25. The maximum atomic E-state index is 12.4. The lowest BCUT2D eigenvalue weighted by atomic mass is 9.93. The Labute approximate surface area is 162 Å². The van der Waals surface area contributed by atoms with Crippen LogP contribution in [0, 0.1) is 5.92 Å². The predicted octanol–water partition coefficient (Wildman–Crippen LogP) is 3.46. The monoisotopic (exact) mass is 417 g/mol. The lowest BCUT2D eigenvalue weighted by Gasteiger charge is -2.34. The van der Waals surface area contributed by atoms with Crippen molar-refractivity contribution in [1.29, 1.82) is 0 Å². The number of pyridine rings is 1. The van der Waals surface area contributed by atoms with Crippen LogP contribution in [0.15, 0.2) is 34.8 Å². The topological polar surface area (TPSA) is 45.7 Å². The van der Waals surface area contributed by atoms with Gasteiger partial charge in [-0.3, -0.25) is 4.79 Å². The normalized spacial score (nSPS) is 19.1. The first-order chi connectivity index (χ1) is 12.7. The molecule has 0 unspecified atom stereocenters. The number of halogens is 1. The molecular formula is C20H24BrN3O2. The number of benzene rings is 1. The summed E-state index contributed by atoms with van der Waals surface area (Å²) in [5.74, 6) is 1.81. The van der Waals surface area contributed by atoms with Gasteiger partial charge in [-0.1, -0.05) is 22.0 Å². The smallest absolute Gasteiger partial charge is 0.223 e. The van der Waals surface area contributed by atoms with E-state index >= 15 is 0 Å². The van der Waals surface area contributed by atoms with E-state index in [1.165, 1.54) is 0 Å². The summed E-state index contributed by atoms with van der Waals surface area (Å²) in [5.41, 5.74) is 1.02. The Balaban J connectivity index is 1.35. The van der Waals surface area contributed by atoms with Gasteiger partial charge < -0.3 is 14.5 Å². The third-order valence-corrected chi connectivity index (χ3v) is 5.90. The molecule has 26 heavy (non-hydrogen) atoms. The van der Waals surface area contributed by atoms with Crippen LogP contribution in [-0.2, 0) is 9.53 Å². The third-order valence-electron chi connectivity index (χ3n) is 5.41. The zero-order valence-electron chi connectivity index (χ0n) is 14.9. The first-order valence-electron chi connectivity index (χ1n) is 9.36. The Bertz CT molecular complexity index is 784. The summed E-state index contributed by atoms with van der Waals surface area (Å²) in [6, 6.07) is 10.4. The number of hydrogen-bond acceptors (Lipinski definition) is 4. The molecule has 3 heterocycles. The van der Waals surface area contributed by atoms with Crippen LogP contribution >= 0.6 is 15.9 Å². The van der Waals surface area contributed by atoms with Crippen LogP contribution in [0.4, 0.5) is 5.82 Å². The van der Waals surface area contributed by atoms with E-state index in [4.69, 9.17) is 9.72 Å². The summed E-state index contributed by atoms with van der Waals surface area (Å²) in [4.78, 5) is 21.6. The van der Waals surface area contributed by atoms with Crippen LogP contribution in [0.25, 0.3) is 10.9 Å². The summed E-state index contributed by atoms with van der Waals surface area (Å²) in [7, 11) is 0. The van der Waals surface area contributed by atoms with Crippen LogP contribution in [0.5, 0.6) is 0 Å². The van der Waals surface area contributed by atoms with Crippen molar-refractivity contribution in [3.05, 3.63) is 34.8 Å². The van der Waals surface area contributed by atoms with Crippen LogP contribution < -0.4 is 4.90 Å². The van der Waals surface area contributed by atoms with Crippen molar-refractivity contribution in [2.75, 3.05) is 44.3 Å². The molecule has 2 fully saturated rings. The van der Waals surface area contributed by atoms with Crippen molar-refractivity contribution >= 4 is 38.6 Å². The molecule has 4 rings (SSSR count). The molecule has 0 atom stereocenters. The second kappa shape index (κ2) is 7.92. The minimum Gasteiger partial charge on any atom is -0.378 e. The minimum atomic E-state index is 0.292. The molecule has 0 saturated carbocycles. The maximum Gasteiger partial charge on any atom is 0.223 e. The Hall–Kier alpha value is -1.66. The summed E-state index contributed by atoms with van der Waals surface area (Å²) in [6.45, 7) is 4.77. The van der Waals surface area contributed by atoms with E-state index in [9.17, 15) is 4.79 Å². The number of fused-ring (bicyclic) bond motifs is 1. The van der Waals surface area contributed by atoms with Crippen molar-refractivity contribution < 1.29 is 9.53 Å². The number of carbonyl (C=O) groups is 1. The van der Waals surface area contributed by atoms with E-state index in [1.54, 1.807) is 0 Å². The summed E-state index contributed by atoms with van der Waals surface area (Å²) in [6.07, 6.45) is 2.77. The van der Waals surface area contributed by atoms with Gasteiger partial charge in [-0.15, -0.1) is 0 Å². The van der Waals surface area contributed by atoms with E-state index in [1.807, 2.05) is 11.0 Å². The number of anilines is 1. The Morgan fingerprint density at radius 3 is 2.62 bits per heavy atom. The second-order valence-corrected chi connectivity index (χ2v) is 8.05. The first-order valence-corrected chi connectivity index (χ1v) is 10.1. The quantitative estimate of drug-likeness (QED) is 0.766. The molecule has 2 aromatic rings. The molecule has 1 aromatic carbocycles. The van der Waals surface area contributed by atoms with Crippen molar-refractivity contribution in [2.45, 2.75) is 19.3 Å². The van der Waals surface area contributed by atoms with Crippen molar-refractivity contribution in [2.24, 2.45) is 5.92 Å². The van der Waals surface area contributed by atoms with Gasteiger partial charge in [0.15, 0.2) is 0 Å². The molecule has 2 aliphatic rings. The van der Waals surface area contributed by atoms with Crippen molar-refractivity contribution in [3.8, 4) is 0 Å². The fraction of sp³-hybridized carbons (Fsp3) is 0.500. The van der Waals surface area contributed by atoms with Gasteiger partial charge in [0, 0.05) is 42.5 Å². The van der Waals surface area contributed by atoms with E-state index in [0.717, 1.165) is 60.2 Å². The van der Waals surface area contributed by atoms with E-state index in [2.05, 4.69) is 45.1 Å². The Morgan fingerprint density at radius 2 is 1.85 bits per heavy atom. The minimum absolute atomic E-state index is 0.292. The van der Waals surface area contributed by atoms with Crippen molar-refractivity contribution in [3.63, 3.8) is 0 Å². The van der Waals surface area contributed by atoms with Gasteiger partial charge in [-0.2, -0.15) is 0 Å². The number of hydrogen-bond donors (Lipinski definition) is 0. The van der Waals surface area contributed by atoms with Crippen LogP contribution in [0.2, 0.25) is 0 Å². The summed E-state index contributed by atoms with van der Waals surface area (Å²) < 4.78 is 6.38. The number of aromatic nitrogens is 1. The van der Waals surface area contributed by atoms with E-state index < -0.39 is 0 Å². The van der Waals surface area contributed by atoms with Gasteiger partial charge in [0.1, 0.15) is 5.82 Å². The zero-order valence-corrected chi connectivity index (χ0v) is 16.5. The second-order valence-electron chi connectivity index (χ2n) is 7.13.